The van der Waals surface area contributed by atoms with Crippen molar-refractivity contribution in [2.75, 3.05) is 5.32 Å². The zero-order chi connectivity index (χ0) is 16.5. The Labute approximate surface area is 148 Å². The molecule has 2 aromatic heterocycles. The summed E-state index contributed by atoms with van der Waals surface area (Å²) in [5, 5.41) is 4.83. The van der Waals surface area contributed by atoms with E-state index in [9.17, 15) is 4.79 Å². The van der Waals surface area contributed by atoms with Crippen LogP contribution in [-0.2, 0) is 17.6 Å². The molecule has 24 heavy (non-hydrogen) atoms. The Hall–Kier alpha value is -1.92. The number of rotatable bonds is 4. The number of nitrogens with zero attached hydrogens (tertiary/aromatic N) is 2. The monoisotopic (exact) mass is 355 g/mol. The minimum Gasteiger partial charge on any atom is -0.325 e. The highest BCUT2D eigenvalue weighted by Gasteiger charge is 2.23. The van der Waals surface area contributed by atoms with Crippen molar-refractivity contribution in [3.63, 3.8) is 0 Å². The minimum atomic E-state index is -0.222. The third-order valence-electron chi connectivity index (χ3n) is 4.17. The second-order valence-corrected chi connectivity index (χ2v) is 8.24. The number of aryl methyl sites for hydroxylation is 2. The first-order valence-corrected chi connectivity index (χ1v) is 9.70. The predicted molar refractivity (Wildman–Crippen MR) is 99.8 cm³/mol. The summed E-state index contributed by atoms with van der Waals surface area (Å²) >= 11 is 3.29. The first-order chi connectivity index (χ1) is 11.7. The van der Waals surface area contributed by atoms with E-state index in [1.807, 2.05) is 37.3 Å². The van der Waals surface area contributed by atoms with E-state index in [2.05, 4.69) is 15.3 Å². The Kier molecular flexibility index (Phi) is 4.24. The number of thiophene rings is 1. The van der Waals surface area contributed by atoms with Crippen molar-refractivity contribution < 1.29 is 4.79 Å². The fourth-order valence-electron chi connectivity index (χ4n) is 2.98. The highest BCUT2D eigenvalue weighted by Crippen LogP contribution is 2.40. The Morgan fingerprint density at radius 3 is 2.92 bits per heavy atom. The minimum absolute atomic E-state index is 0.00941. The van der Waals surface area contributed by atoms with Gasteiger partial charge in [-0.15, -0.1) is 11.3 Å². The standard InChI is InChI=1S/C18H17N3OS2/c1-11(16(22)21-12-6-3-2-4-7-12)23-17-15-13-8-5-9-14(13)24-18(15)20-10-19-17/h2-4,6-7,10-11H,5,8-9H2,1H3,(H,21,22)/t11-/m1/s1. The highest BCUT2D eigenvalue weighted by molar-refractivity contribution is 8.00. The molecule has 0 unspecified atom stereocenters. The quantitative estimate of drug-likeness (QED) is 0.560. The van der Waals surface area contributed by atoms with Crippen LogP contribution in [0.3, 0.4) is 0 Å². The number of anilines is 1. The van der Waals surface area contributed by atoms with Crippen LogP contribution in [0.15, 0.2) is 41.7 Å². The van der Waals surface area contributed by atoms with Crippen LogP contribution in [0.4, 0.5) is 5.69 Å². The van der Waals surface area contributed by atoms with Gasteiger partial charge in [0.25, 0.3) is 0 Å². The van der Waals surface area contributed by atoms with E-state index >= 15 is 0 Å². The van der Waals surface area contributed by atoms with Gasteiger partial charge in [0.15, 0.2) is 0 Å². The molecule has 2 heterocycles. The summed E-state index contributed by atoms with van der Waals surface area (Å²) in [5.74, 6) is -0.00941. The van der Waals surface area contributed by atoms with E-state index < -0.39 is 0 Å². The Bertz CT molecular complexity index is 892. The van der Waals surface area contributed by atoms with E-state index in [4.69, 9.17) is 0 Å². The van der Waals surface area contributed by atoms with E-state index in [0.717, 1.165) is 28.4 Å². The van der Waals surface area contributed by atoms with Crippen molar-refractivity contribution in [1.82, 2.24) is 9.97 Å². The Morgan fingerprint density at radius 2 is 2.08 bits per heavy atom. The second kappa shape index (κ2) is 6.53. The molecule has 4 rings (SSSR count). The van der Waals surface area contributed by atoms with Gasteiger partial charge in [-0.3, -0.25) is 4.79 Å². The van der Waals surface area contributed by atoms with Crippen molar-refractivity contribution >= 4 is 44.9 Å². The van der Waals surface area contributed by atoms with Crippen LogP contribution in [0, 0.1) is 0 Å². The van der Waals surface area contributed by atoms with E-state index in [-0.39, 0.29) is 11.2 Å². The van der Waals surface area contributed by atoms with Crippen LogP contribution in [0.1, 0.15) is 23.8 Å². The van der Waals surface area contributed by atoms with Gasteiger partial charge >= 0.3 is 0 Å². The third kappa shape index (κ3) is 2.91. The fraction of sp³-hybridized carbons (Fsp3) is 0.278. The van der Waals surface area contributed by atoms with Gasteiger partial charge in [-0.2, -0.15) is 0 Å². The van der Waals surface area contributed by atoms with Crippen molar-refractivity contribution in [3.8, 4) is 0 Å². The van der Waals surface area contributed by atoms with E-state index in [1.165, 1.54) is 34.0 Å². The van der Waals surface area contributed by atoms with Crippen LogP contribution in [0.5, 0.6) is 0 Å². The van der Waals surface area contributed by atoms with Gasteiger partial charge in [0.05, 0.1) is 5.25 Å². The normalized spacial score (nSPS) is 14.5. The summed E-state index contributed by atoms with van der Waals surface area (Å²) in [4.78, 5) is 23.8. The maximum atomic E-state index is 12.5. The summed E-state index contributed by atoms with van der Waals surface area (Å²) in [7, 11) is 0. The van der Waals surface area contributed by atoms with Crippen LogP contribution >= 0.6 is 23.1 Å². The van der Waals surface area contributed by atoms with Crippen molar-refractivity contribution in [2.45, 2.75) is 36.5 Å². The molecule has 4 nitrogen and oxygen atoms in total. The number of carbonyl (C=O) groups excluding carboxylic acids is 1. The molecule has 1 aliphatic rings. The number of nitrogens with one attached hydrogen (secondary N) is 1. The molecule has 1 aliphatic carbocycles. The lowest BCUT2D eigenvalue weighted by molar-refractivity contribution is -0.115. The number of carbonyl (C=O) groups is 1. The average molecular weight is 355 g/mol. The summed E-state index contributed by atoms with van der Waals surface area (Å²) in [5.41, 5.74) is 2.22. The molecule has 0 saturated heterocycles. The smallest absolute Gasteiger partial charge is 0.237 e. The number of para-hydroxylation sites is 1. The zero-order valence-corrected chi connectivity index (χ0v) is 14.9. The molecule has 0 spiro atoms. The number of amides is 1. The van der Waals surface area contributed by atoms with Gasteiger partial charge in [-0.05, 0) is 43.9 Å². The number of aromatic nitrogens is 2. The SMILES string of the molecule is C[C@@H](Sc1ncnc2sc3c(c12)CCC3)C(=O)Nc1ccccc1. The third-order valence-corrected chi connectivity index (χ3v) is 6.47. The summed E-state index contributed by atoms with van der Waals surface area (Å²) in [6.07, 6.45) is 5.06. The lowest BCUT2D eigenvalue weighted by atomic mass is 10.2. The number of hydrogen-bond donors (Lipinski definition) is 1. The average Bonchev–Trinajstić information content (AvgIpc) is 3.16. The molecule has 122 valence electrons. The molecule has 0 radical (unpaired) electrons. The molecule has 3 aromatic rings. The molecule has 0 saturated carbocycles. The van der Waals surface area contributed by atoms with E-state index in [0.29, 0.717) is 0 Å². The molecule has 1 amide bonds. The van der Waals surface area contributed by atoms with Crippen LogP contribution < -0.4 is 5.32 Å². The van der Waals surface area contributed by atoms with Gasteiger partial charge in [0.1, 0.15) is 16.2 Å². The lowest BCUT2D eigenvalue weighted by Gasteiger charge is -2.12. The second-order valence-electron chi connectivity index (χ2n) is 5.83. The molecule has 0 bridgehead atoms. The molecule has 1 N–H and O–H groups in total. The first-order valence-electron chi connectivity index (χ1n) is 8.00. The predicted octanol–water partition coefficient (Wildman–Crippen LogP) is 4.30. The molecule has 1 aromatic carbocycles. The topological polar surface area (TPSA) is 54.9 Å². The Balaban J connectivity index is 1.57. The number of benzene rings is 1. The van der Waals surface area contributed by atoms with Crippen molar-refractivity contribution in [1.29, 1.82) is 0 Å². The zero-order valence-electron chi connectivity index (χ0n) is 13.3. The largest absolute Gasteiger partial charge is 0.325 e. The van der Waals surface area contributed by atoms with E-state index in [1.54, 1.807) is 17.7 Å². The van der Waals surface area contributed by atoms with Crippen molar-refractivity contribution in [3.05, 3.63) is 47.1 Å². The number of thioether (sulfide) groups is 1. The first kappa shape index (κ1) is 15.6. The Morgan fingerprint density at radius 1 is 1.25 bits per heavy atom. The van der Waals surface area contributed by atoms with Crippen molar-refractivity contribution in [2.24, 2.45) is 0 Å². The molecule has 6 heteroatoms. The molecular formula is C18H17N3OS2. The highest BCUT2D eigenvalue weighted by atomic mass is 32.2. The van der Waals surface area contributed by atoms with Gasteiger partial charge in [-0.1, -0.05) is 30.0 Å². The van der Waals surface area contributed by atoms with Gasteiger partial charge < -0.3 is 5.32 Å². The van der Waals surface area contributed by atoms with Crippen LogP contribution in [0.25, 0.3) is 10.2 Å². The maximum absolute atomic E-state index is 12.5. The lowest BCUT2D eigenvalue weighted by Crippen LogP contribution is -2.22. The molecule has 1 atom stereocenters. The maximum Gasteiger partial charge on any atom is 0.237 e. The summed E-state index contributed by atoms with van der Waals surface area (Å²) in [6.45, 7) is 1.92. The number of fused-ring (bicyclic) bond motifs is 3. The fourth-order valence-corrected chi connectivity index (χ4v) is 5.22. The molecular weight excluding hydrogens is 338 g/mol. The van der Waals surface area contributed by atoms with Gasteiger partial charge in [-0.25, -0.2) is 9.97 Å². The summed E-state index contributed by atoms with van der Waals surface area (Å²) in [6, 6.07) is 9.54. The van der Waals surface area contributed by atoms with Crippen LogP contribution in [0.2, 0.25) is 0 Å². The molecule has 0 fully saturated rings. The number of hydrogen-bond acceptors (Lipinski definition) is 5. The van der Waals surface area contributed by atoms with Gasteiger partial charge in [0.2, 0.25) is 5.91 Å². The van der Waals surface area contributed by atoms with Crippen LogP contribution in [-0.4, -0.2) is 21.1 Å². The van der Waals surface area contributed by atoms with Gasteiger partial charge in [0, 0.05) is 16.0 Å². The molecule has 0 aliphatic heterocycles. The summed E-state index contributed by atoms with van der Waals surface area (Å²) < 4.78 is 0.